The van der Waals surface area contributed by atoms with Crippen LogP contribution in [0.2, 0.25) is 0 Å². The molecule has 1 atom stereocenters. The van der Waals surface area contributed by atoms with Gasteiger partial charge in [0.15, 0.2) is 0 Å². The second-order valence-electron chi connectivity index (χ2n) is 5.96. The van der Waals surface area contributed by atoms with E-state index >= 15 is 0 Å². The van der Waals surface area contributed by atoms with Crippen LogP contribution in [0.15, 0.2) is 18.2 Å². The number of rotatable bonds is 4. The number of likely N-dealkylation sites (tertiary alicyclic amines) is 1. The first-order valence-corrected chi connectivity index (χ1v) is 7.75. The molecule has 1 unspecified atom stereocenters. The Labute approximate surface area is 120 Å². The maximum atomic E-state index is 14.2. The van der Waals surface area contributed by atoms with Gasteiger partial charge in [0, 0.05) is 19.1 Å². The van der Waals surface area contributed by atoms with Crippen LogP contribution in [0.4, 0.5) is 10.1 Å². The van der Waals surface area contributed by atoms with E-state index in [1.165, 1.54) is 25.9 Å². The largest absolute Gasteiger partial charge is 0.368 e. The Bertz CT molecular complexity index is 457. The second-order valence-corrected chi connectivity index (χ2v) is 5.96. The summed E-state index contributed by atoms with van der Waals surface area (Å²) < 4.78 is 14.2. The second kappa shape index (κ2) is 6.10. The number of anilines is 1. The van der Waals surface area contributed by atoms with Gasteiger partial charge in [-0.1, -0.05) is 6.07 Å². The third-order valence-corrected chi connectivity index (χ3v) is 4.61. The molecule has 0 amide bonds. The van der Waals surface area contributed by atoms with Gasteiger partial charge in [0.25, 0.3) is 0 Å². The third-order valence-electron chi connectivity index (χ3n) is 4.61. The van der Waals surface area contributed by atoms with Crippen LogP contribution >= 0.6 is 0 Å². The van der Waals surface area contributed by atoms with E-state index in [2.05, 4.69) is 9.80 Å². The Morgan fingerprint density at radius 2 is 2.00 bits per heavy atom. The Balaban J connectivity index is 1.67. The van der Waals surface area contributed by atoms with Crippen LogP contribution in [0.1, 0.15) is 24.8 Å². The maximum absolute atomic E-state index is 14.2. The minimum atomic E-state index is -0.0991. The Hall–Kier alpha value is -1.13. The monoisotopic (exact) mass is 277 g/mol. The number of hydrogen-bond donors (Lipinski definition) is 1. The van der Waals surface area contributed by atoms with E-state index in [1.807, 2.05) is 12.1 Å². The highest BCUT2D eigenvalue weighted by atomic mass is 19.1. The van der Waals surface area contributed by atoms with Crippen molar-refractivity contribution in [2.45, 2.75) is 31.7 Å². The number of hydrogen-bond acceptors (Lipinski definition) is 3. The summed E-state index contributed by atoms with van der Waals surface area (Å²) in [5, 5.41) is 0. The van der Waals surface area contributed by atoms with Gasteiger partial charge in [-0.05, 0) is 63.0 Å². The molecule has 2 saturated heterocycles. The Morgan fingerprint density at radius 3 is 2.70 bits per heavy atom. The molecule has 2 aliphatic rings. The maximum Gasteiger partial charge on any atom is 0.146 e. The van der Waals surface area contributed by atoms with Gasteiger partial charge >= 0.3 is 0 Å². The quantitative estimate of drug-likeness (QED) is 0.913. The van der Waals surface area contributed by atoms with Crippen LogP contribution in [0.3, 0.4) is 0 Å². The molecule has 2 fully saturated rings. The highest BCUT2D eigenvalue weighted by molar-refractivity contribution is 5.50. The molecule has 3 rings (SSSR count). The van der Waals surface area contributed by atoms with Crippen molar-refractivity contribution in [2.24, 2.45) is 5.73 Å². The predicted octanol–water partition coefficient (Wildman–Crippen LogP) is 2.00. The summed E-state index contributed by atoms with van der Waals surface area (Å²) in [6, 6.07) is 6.19. The fourth-order valence-electron chi connectivity index (χ4n) is 3.49. The molecular formula is C16H24FN3. The molecule has 0 spiro atoms. The molecule has 110 valence electrons. The van der Waals surface area contributed by atoms with E-state index in [9.17, 15) is 4.39 Å². The fourth-order valence-corrected chi connectivity index (χ4v) is 3.49. The number of nitrogens with zero attached hydrogens (tertiary/aromatic N) is 2. The molecule has 2 N–H and O–H groups in total. The van der Waals surface area contributed by atoms with E-state index in [1.54, 1.807) is 6.07 Å². The average molecular weight is 277 g/mol. The van der Waals surface area contributed by atoms with Gasteiger partial charge in [0.05, 0.1) is 5.69 Å². The minimum absolute atomic E-state index is 0.0991. The van der Waals surface area contributed by atoms with Crippen LogP contribution in [0.5, 0.6) is 0 Å². The van der Waals surface area contributed by atoms with Gasteiger partial charge in [-0.2, -0.15) is 0 Å². The van der Waals surface area contributed by atoms with Crippen LogP contribution < -0.4 is 10.6 Å². The lowest BCUT2D eigenvalue weighted by Gasteiger charge is -2.24. The lowest BCUT2D eigenvalue weighted by Crippen LogP contribution is -2.35. The highest BCUT2D eigenvalue weighted by Crippen LogP contribution is 2.27. The zero-order chi connectivity index (χ0) is 13.9. The van der Waals surface area contributed by atoms with Crippen molar-refractivity contribution in [3.63, 3.8) is 0 Å². The van der Waals surface area contributed by atoms with Crippen molar-refractivity contribution in [1.29, 1.82) is 0 Å². The van der Waals surface area contributed by atoms with Crippen LogP contribution in [-0.2, 0) is 6.42 Å². The molecule has 20 heavy (non-hydrogen) atoms. The summed E-state index contributed by atoms with van der Waals surface area (Å²) in [5.74, 6) is -0.0991. The summed E-state index contributed by atoms with van der Waals surface area (Å²) in [7, 11) is 0. The predicted molar refractivity (Wildman–Crippen MR) is 80.6 cm³/mol. The molecule has 0 radical (unpaired) electrons. The van der Waals surface area contributed by atoms with Crippen molar-refractivity contribution in [3.05, 3.63) is 29.6 Å². The lowest BCUT2D eigenvalue weighted by atomic mass is 10.1. The Kier molecular flexibility index (Phi) is 4.22. The van der Waals surface area contributed by atoms with E-state index in [-0.39, 0.29) is 5.82 Å². The van der Waals surface area contributed by atoms with Crippen molar-refractivity contribution in [1.82, 2.24) is 4.90 Å². The summed E-state index contributed by atoms with van der Waals surface area (Å²) in [6.07, 6.45) is 4.54. The molecule has 0 bridgehead atoms. The van der Waals surface area contributed by atoms with Crippen molar-refractivity contribution < 1.29 is 4.39 Å². The standard InChI is InChI=1S/C16H24FN3/c17-15-11-13(5-7-18)3-4-16(15)20-10-6-14(12-20)19-8-1-2-9-19/h3-4,11,14H,1-2,5-10,12,18H2. The van der Waals surface area contributed by atoms with Crippen LogP contribution in [-0.4, -0.2) is 43.7 Å². The van der Waals surface area contributed by atoms with E-state index in [0.29, 0.717) is 12.6 Å². The van der Waals surface area contributed by atoms with Crippen molar-refractivity contribution in [3.8, 4) is 0 Å². The first-order chi connectivity index (χ1) is 9.78. The van der Waals surface area contributed by atoms with E-state index in [4.69, 9.17) is 5.73 Å². The van der Waals surface area contributed by atoms with Gasteiger partial charge in [-0.15, -0.1) is 0 Å². The summed E-state index contributed by atoms with van der Waals surface area (Å²) in [6.45, 7) is 4.94. The topological polar surface area (TPSA) is 32.5 Å². The summed E-state index contributed by atoms with van der Waals surface area (Å²) in [5.41, 5.74) is 7.27. The molecule has 0 saturated carbocycles. The summed E-state index contributed by atoms with van der Waals surface area (Å²) in [4.78, 5) is 4.77. The molecule has 2 aliphatic heterocycles. The molecule has 1 aromatic rings. The highest BCUT2D eigenvalue weighted by Gasteiger charge is 2.30. The van der Waals surface area contributed by atoms with Crippen molar-refractivity contribution >= 4 is 5.69 Å². The molecule has 2 heterocycles. The molecule has 1 aromatic carbocycles. The minimum Gasteiger partial charge on any atom is -0.368 e. The lowest BCUT2D eigenvalue weighted by molar-refractivity contribution is 0.260. The van der Waals surface area contributed by atoms with Gasteiger partial charge in [0.1, 0.15) is 5.82 Å². The van der Waals surface area contributed by atoms with Crippen molar-refractivity contribution in [2.75, 3.05) is 37.6 Å². The molecule has 4 heteroatoms. The van der Waals surface area contributed by atoms with Gasteiger partial charge in [0.2, 0.25) is 0 Å². The first kappa shape index (κ1) is 13.8. The van der Waals surface area contributed by atoms with Crippen LogP contribution in [0.25, 0.3) is 0 Å². The first-order valence-electron chi connectivity index (χ1n) is 7.75. The fraction of sp³-hybridized carbons (Fsp3) is 0.625. The number of halogens is 1. The van der Waals surface area contributed by atoms with Gasteiger partial charge in [-0.25, -0.2) is 4.39 Å². The number of benzene rings is 1. The Morgan fingerprint density at radius 1 is 1.20 bits per heavy atom. The molecule has 3 nitrogen and oxygen atoms in total. The summed E-state index contributed by atoms with van der Waals surface area (Å²) >= 11 is 0. The third kappa shape index (κ3) is 2.81. The van der Waals surface area contributed by atoms with E-state index < -0.39 is 0 Å². The normalized spacial score (nSPS) is 23.7. The van der Waals surface area contributed by atoms with Crippen LogP contribution in [0, 0.1) is 5.82 Å². The number of nitrogens with two attached hydrogens (primary N) is 1. The van der Waals surface area contributed by atoms with Gasteiger partial charge < -0.3 is 10.6 Å². The molecule has 0 aromatic heterocycles. The molecule has 0 aliphatic carbocycles. The SMILES string of the molecule is NCCc1ccc(N2CCC(N3CCCC3)C2)c(F)c1. The molecular weight excluding hydrogens is 253 g/mol. The average Bonchev–Trinajstić information content (AvgIpc) is 3.10. The smallest absolute Gasteiger partial charge is 0.146 e. The zero-order valence-electron chi connectivity index (χ0n) is 12.0. The van der Waals surface area contributed by atoms with E-state index in [0.717, 1.165) is 37.2 Å². The zero-order valence-corrected chi connectivity index (χ0v) is 12.0. The van der Waals surface area contributed by atoms with Gasteiger partial charge in [-0.3, -0.25) is 4.90 Å².